The average molecular weight is 592 g/mol. The number of fused-ring (bicyclic) bond motifs is 3. The molecule has 0 saturated heterocycles. The topological polar surface area (TPSA) is 134 Å². The Labute approximate surface area is 233 Å². The molecule has 3 aromatic heterocycles. The molecule has 0 radical (unpaired) electrons. The smallest absolute Gasteiger partial charge is 0.240 e. The normalized spacial score (nSPS) is 16.4. The van der Waals surface area contributed by atoms with Crippen LogP contribution in [-0.2, 0) is 14.8 Å². The van der Waals surface area contributed by atoms with Crippen LogP contribution in [-0.4, -0.2) is 56.1 Å². The molecule has 4 aromatic rings. The predicted molar refractivity (Wildman–Crippen MR) is 141 cm³/mol. The Morgan fingerprint density at radius 2 is 1.88 bits per heavy atom. The maximum atomic E-state index is 15.0. The van der Waals surface area contributed by atoms with Crippen molar-refractivity contribution in [1.82, 2.24) is 29.7 Å². The molecule has 0 aliphatic carbocycles. The molecule has 15 heteroatoms. The van der Waals surface area contributed by atoms with Gasteiger partial charge in [-0.05, 0) is 39.0 Å². The van der Waals surface area contributed by atoms with Crippen LogP contribution in [0.3, 0.4) is 0 Å². The number of sulfonamides is 1. The molecule has 1 aromatic carbocycles. The van der Waals surface area contributed by atoms with Gasteiger partial charge in [0.05, 0.1) is 16.7 Å². The highest BCUT2D eigenvalue weighted by molar-refractivity contribution is 7.93. The fourth-order valence-corrected chi connectivity index (χ4v) is 5.46. The van der Waals surface area contributed by atoms with Gasteiger partial charge in [-0.2, -0.15) is 0 Å². The Kier molecular flexibility index (Phi) is 7.66. The molecule has 0 amide bonds. The molecule has 40 heavy (non-hydrogen) atoms. The number of benzene rings is 1. The Bertz CT molecular complexity index is 1640. The Balaban J connectivity index is 1.58. The summed E-state index contributed by atoms with van der Waals surface area (Å²) in [6.07, 6.45) is 2.77. The van der Waals surface area contributed by atoms with Crippen molar-refractivity contribution in [3.8, 4) is 17.3 Å². The van der Waals surface area contributed by atoms with Gasteiger partial charge >= 0.3 is 0 Å². The third-order valence-electron chi connectivity index (χ3n) is 6.18. The van der Waals surface area contributed by atoms with Gasteiger partial charge in [0, 0.05) is 30.2 Å². The molecular formula is C25H24ClF2N7O4S. The van der Waals surface area contributed by atoms with Gasteiger partial charge in [-0.15, -0.1) is 10.2 Å². The van der Waals surface area contributed by atoms with Crippen molar-refractivity contribution in [2.75, 3.05) is 11.3 Å². The molecule has 0 spiro atoms. The van der Waals surface area contributed by atoms with Crippen molar-refractivity contribution in [3.63, 3.8) is 0 Å². The lowest BCUT2D eigenvalue weighted by Crippen LogP contribution is -2.35. The van der Waals surface area contributed by atoms with E-state index in [1.165, 1.54) is 36.1 Å². The number of nitrogens with one attached hydrogen (secondary N) is 1. The van der Waals surface area contributed by atoms with Crippen LogP contribution in [0.2, 0.25) is 5.02 Å². The van der Waals surface area contributed by atoms with E-state index in [0.29, 0.717) is 5.56 Å². The lowest BCUT2D eigenvalue weighted by Gasteiger charge is -2.26. The van der Waals surface area contributed by atoms with Gasteiger partial charge in [-0.1, -0.05) is 17.7 Å². The summed E-state index contributed by atoms with van der Waals surface area (Å²) in [4.78, 5) is 12.5. The number of halogens is 3. The molecule has 210 valence electrons. The Morgan fingerprint density at radius 1 is 1.12 bits per heavy atom. The highest BCUT2D eigenvalue weighted by Crippen LogP contribution is 2.38. The van der Waals surface area contributed by atoms with Crippen molar-refractivity contribution in [2.24, 2.45) is 0 Å². The fourth-order valence-electron chi connectivity index (χ4n) is 4.28. The van der Waals surface area contributed by atoms with Crippen LogP contribution in [0.15, 0.2) is 48.9 Å². The van der Waals surface area contributed by atoms with Crippen LogP contribution in [0, 0.1) is 11.6 Å². The molecule has 0 bridgehead atoms. The van der Waals surface area contributed by atoms with Crippen LogP contribution < -0.4 is 9.46 Å². The number of hydrogen-bond acceptors (Lipinski definition) is 9. The second kappa shape index (κ2) is 11.0. The van der Waals surface area contributed by atoms with E-state index >= 15 is 0 Å². The molecule has 1 aliphatic rings. The lowest BCUT2D eigenvalue weighted by molar-refractivity contribution is 0.00154. The van der Waals surface area contributed by atoms with E-state index in [0.717, 1.165) is 12.1 Å². The largest absolute Gasteiger partial charge is 0.475 e. The second-order valence-electron chi connectivity index (χ2n) is 9.28. The quantitative estimate of drug-likeness (QED) is 0.317. The van der Waals surface area contributed by atoms with E-state index in [9.17, 15) is 17.2 Å². The van der Waals surface area contributed by atoms with Crippen molar-refractivity contribution in [1.29, 1.82) is 0 Å². The van der Waals surface area contributed by atoms with E-state index in [-0.39, 0.29) is 46.8 Å². The standard InChI is InChI=1S/C25H24ClF2N7O4S/c1-13(2)39-21(22-30-10-15(26)11-31-22)14(3)40(36,37)34-25-33-32-23-18-5-4-8-29-24(18)38-12-20(35(23)25)17-7-6-16(27)9-19(17)28/h4-11,13-14,20-21H,12H2,1-3H3,(H,33,34)/t14?,20-,21?/m0/s1. The number of pyridine rings is 1. The van der Waals surface area contributed by atoms with Gasteiger partial charge in [0.1, 0.15) is 35.6 Å². The number of aromatic nitrogens is 6. The minimum absolute atomic E-state index is 0.0411. The van der Waals surface area contributed by atoms with Gasteiger partial charge in [0.2, 0.25) is 21.9 Å². The maximum absolute atomic E-state index is 15.0. The minimum atomic E-state index is -4.25. The van der Waals surface area contributed by atoms with Crippen LogP contribution in [0.4, 0.5) is 14.7 Å². The first-order valence-electron chi connectivity index (χ1n) is 12.2. The molecule has 11 nitrogen and oxygen atoms in total. The molecule has 4 heterocycles. The number of hydrogen-bond donors (Lipinski definition) is 1. The van der Waals surface area contributed by atoms with Crippen LogP contribution in [0.25, 0.3) is 11.4 Å². The predicted octanol–water partition coefficient (Wildman–Crippen LogP) is 4.34. The Hall–Kier alpha value is -3.75. The summed E-state index contributed by atoms with van der Waals surface area (Å²) < 4.78 is 71.8. The van der Waals surface area contributed by atoms with Crippen LogP contribution in [0.1, 0.15) is 44.3 Å². The molecule has 3 atom stereocenters. The summed E-state index contributed by atoms with van der Waals surface area (Å²) >= 11 is 5.91. The average Bonchev–Trinajstić information content (AvgIpc) is 3.23. The molecule has 1 aliphatic heterocycles. The first-order valence-corrected chi connectivity index (χ1v) is 14.1. The van der Waals surface area contributed by atoms with Gasteiger partial charge < -0.3 is 9.47 Å². The molecule has 2 unspecified atom stereocenters. The van der Waals surface area contributed by atoms with Crippen molar-refractivity contribution < 1.29 is 26.7 Å². The monoisotopic (exact) mass is 591 g/mol. The summed E-state index contributed by atoms with van der Waals surface area (Å²) in [5.41, 5.74) is 0.452. The van der Waals surface area contributed by atoms with E-state index < -0.39 is 39.1 Å². The lowest BCUT2D eigenvalue weighted by atomic mass is 10.1. The first kappa shape index (κ1) is 27.8. The summed E-state index contributed by atoms with van der Waals surface area (Å²) in [7, 11) is -4.25. The van der Waals surface area contributed by atoms with E-state index in [4.69, 9.17) is 21.1 Å². The summed E-state index contributed by atoms with van der Waals surface area (Å²) in [6, 6.07) is 5.43. The molecule has 0 fully saturated rings. The zero-order chi connectivity index (χ0) is 28.6. The zero-order valence-corrected chi connectivity index (χ0v) is 23.1. The summed E-state index contributed by atoms with van der Waals surface area (Å²) in [5.74, 6) is -1.32. The van der Waals surface area contributed by atoms with E-state index in [2.05, 4.69) is 29.9 Å². The first-order chi connectivity index (χ1) is 19.0. The molecule has 1 N–H and O–H groups in total. The molecule has 0 saturated carbocycles. The third kappa shape index (κ3) is 5.46. The van der Waals surface area contributed by atoms with Gasteiger partial charge in [-0.3, -0.25) is 9.29 Å². The Morgan fingerprint density at radius 3 is 2.58 bits per heavy atom. The number of nitrogens with zero attached hydrogens (tertiary/aromatic N) is 6. The zero-order valence-electron chi connectivity index (χ0n) is 21.5. The molecular weight excluding hydrogens is 568 g/mol. The van der Waals surface area contributed by atoms with Gasteiger partial charge in [0.15, 0.2) is 11.6 Å². The van der Waals surface area contributed by atoms with Crippen molar-refractivity contribution >= 4 is 27.6 Å². The SMILES string of the molecule is CC(C)OC(c1ncc(Cl)cn1)C(C)S(=O)(=O)Nc1nnc2n1[C@H](c1ccc(F)cc1F)COc1ncccc1-2. The highest BCUT2D eigenvalue weighted by atomic mass is 35.5. The molecule has 5 rings (SSSR count). The fraction of sp³-hybridized carbons (Fsp3) is 0.320. The maximum Gasteiger partial charge on any atom is 0.240 e. The number of rotatable bonds is 8. The number of ether oxygens (including phenoxy) is 2. The van der Waals surface area contributed by atoms with Crippen LogP contribution >= 0.6 is 11.6 Å². The van der Waals surface area contributed by atoms with Crippen LogP contribution in [0.5, 0.6) is 5.88 Å². The third-order valence-corrected chi connectivity index (χ3v) is 8.07. The second-order valence-corrected chi connectivity index (χ2v) is 11.8. The number of anilines is 1. The highest BCUT2D eigenvalue weighted by Gasteiger charge is 2.37. The van der Waals surface area contributed by atoms with Crippen molar-refractivity contribution in [3.05, 3.63) is 77.0 Å². The minimum Gasteiger partial charge on any atom is -0.475 e. The van der Waals surface area contributed by atoms with Gasteiger partial charge in [-0.25, -0.2) is 32.2 Å². The van der Waals surface area contributed by atoms with Crippen molar-refractivity contribution in [2.45, 2.75) is 44.3 Å². The van der Waals surface area contributed by atoms with Gasteiger partial charge in [0.25, 0.3) is 0 Å². The van der Waals surface area contributed by atoms with E-state index in [1.807, 2.05) is 0 Å². The van der Waals surface area contributed by atoms with E-state index in [1.54, 1.807) is 26.0 Å². The summed E-state index contributed by atoms with van der Waals surface area (Å²) in [6.45, 7) is 4.77. The summed E-state index contributed by atoms with van der Waals surface area (Å²) in [5, 5.41) is 7.33.